The molecule has 1 unspecified atom stereocenters. The summed E-state index contributed by atoms with van der Waals surface area (Å²) in [5.74, 6) is -0.154. The van der Waals surface area contributed by atoms with Gasteiger partial charge in [0.15, 0.2) is 0 Å². The molecule has 23 heavy (non-hydrogen) atoms. The van der Waals surface area contributed by atoms with E-state index < -0.39 is 10.0 Å². The van der Waals surface area contributed by atoms with E-state index >= 15 is 0 Å². The lowest BCUT2D eigenvalue weighted by molar-refractivity contribution is -0.115. The number of carbonyl (C=O) groups is 1. The molecule has 2 aromatic carbocycles. The lowest BCUT2D eigenvalue weighted by Gasteiger charge is -2.12. The van der Waals surface area contributed by atoms with Crippen molar-refractivity contribution in [1.29, 1.82) is 0 Å². The van der Waals surface area contributed by atoms with Gasteiger partial charge in [-0.1, -0.05) is 17.7 Å². The van der Waals surface area contributed by atoms with Crippen LogP contribution < -0.4 is 10.5 Å². The first kappa shape index (κ1) is 17.5. The highest BCUT2D eigenvalue weighted by molar-refractivity contribution is 8.00. The molecule has 0 aliphatic rings. The van der Waals surface area contributed by atoms with Gasteiger partial charge in [0.05, 0.1) is 10.1 Å². The fourth-order valence-electron chi connectivity index (χ4n) is 1.85. The molecule has 2 aromatic rings. The van der Waals surface area contributed by atoms with Crippen molar-refractivity contribution in [2.45, 2.75) is 28.9 Å². The molecule has 0 aliphatic carbocycles. The van der Waals surface area contributed by atoms with Gasteiger partial charge in [-0.05, 0) is 50.2 Å². The normalized spacial score (nSPS) is 12.7. The molecule has 0 aliphatic heterocycles. The summed E-state index contributed by atoms with van der Waals surface area (Å²) in [5.41, 5.74) is 1.69. The van der Waals surface area contributed by atoms with E-state index in [1.54, 1.807) is 0 Å². The highest BCUT2D eigenvalue weighted by atomic mass is 32.2. The number of anilines is 1. The maximum atomic E-state index is 12.2. The van der Waals surface area contributed by atoms with Gasteiger partial charge in [-0.3, -0.25) is 4.79 Å². The van der Waals surface area contributed by atoms with Gasteiger partial charge >= 0.3 is 0 Å². The van der Waals surface area contributed by atoms with E-state index in [1.165, 1.54) is 41.6 Å². The minimum Gasteiger partial charge on any atom is -0.325 e. The molecule has 1 amide bonds. The second-order valence-corrected chi connectivity index (χ2v) is 8.11. The summed E-state index contributed by atoms with van der Waals surface area (Å²) in [6.07, 6.45) is 0. The maximum Gasteiger partial charge on any atom is 0.238 e. The SMILES string of the molecule is Cc1ccc(SC(C)C(=O)Nc2ccc(S(N)(=O)=O)cc2)cc1. The van der Waals surface area contributed by atoms with Crippen LogP contribution >= 0.6 is 11.8 Å². The summed E-state index contributed by atoms with van der Waals surface area (Å²) < 4.78 is 22.4. The van der Waals surface area contributed by atoms with Crippen molar-refractivity contribution in [1.82, 2.24) is 0 Å². The standard InChI is InChI=1S/C16H18N2O3S2/c1-11-3-7-14(8-4-11)22-12(2)16(19)18-13-5-9-15(10-6-13)23(17,20)21/h3-10,12H,1-2H3,(H,18,19)(H2,17,20,21). The van der Waals surface area contributed by atoms with E-state index in [0.29, 0.717) is 5.69 Å². The average Bonchev–Trinajstić information content (AvgIpc) is 2.49. The van der Waals surface area contributed by atoms with Gasteiger partial charge in [0, 0.05) is 10.6 Å². The van der Waals surface area contributed by atoms with Crippen molar-refractivity contribution < 1.29 is 13.2 Å². The van der Waals surface area contributed by atoms with Crippen molar-refractivity contribution in [2.75, 3.05) is 5.32 Å². The molecule has 0 bridgehead atoms. The summed E-state index contributed by atoms with van der Waals surface area (Å²) in [5, 5.41) is 7.51. The Hall–Kier alpha value is -1.83. The van der Waals surface area contributed by atoms with Gasteiger partial charge < -0.3 is 5.32 Å². The summed E-state index contributed by atoms with van der Waals surface area (Å²) in [6.45, 7) is 3.83. The third kappa shape index (κ3) is 5.09. The first-order valence-electron chi connectivity index (χ1n) is 6.93. The molecule has 5 nitrogen and oxygen atoms in total. The number of benzene rings is 2. The number of rotatable bonds is 5. The first-order chi connectivity index (χ1) is 10.8. The van der Waals surface area contributed by atoms with Crippen LogP contribution in [0, 0.1) is 6.92 Å². The summed E-state index contributed by atoms with van der Waals surface area (Å²) in [6, 6.07) is 13.7. The fraction of sp³-hybridized carbons (Fsp3) is 0.188. The molecule has 0 aromatic heterocycles. The van der Waals surface area contributed by atoms with Crippen molar-refractivity contribution >= 4 is 33.4 Å². The van der Waals surface area contributed by atoms with Crippen LogP contribution in [0.4, 0.5) is 5.69 Å². The maximum absolute atomic E-state index is 12.2. The molecule has 0 heterocycles. The largest absolute Gasteiger partial charge is 0.325 e. The quantitative estimate of drug-likeness (QED) is 0.812. The van der Waals surface area contributed by atoms with Gasteiger partial charge in [0.1, 0.15) is 0 Å². The lowest BCUT2D eigenvalue weighted by Crippen LogP contribution is -2.22. The number of aryl methyl sites for hydroxylation is 1. The van der Waals surface area contributed by atoms with E-state index in [2.05, 4.69) is 5.32 Å². The van der Waals surface area contributed by atoms with Crippen LogP contribution in [0.15, 0.2) is 58.3 Å². The molecule has 0 saturated heterocycles. The van der Waals surface area contributed by atoms with Crippen LogP contribution in [0.1, 0.15) is 12.5 Å². The van der Waals surface area contributed by atoms with Crippen molar-refractivity contribution in [3.05, 3.63) is 54.1 Å². The van der Waals surface area contributed by atoms with Gasteiger partial charge in [-0.15, -0.1) is 11.8 Å². The molecule has 2 rings (SSSR count). The Balaban J connectivity index is 1.99. The van der Waals surface area contributed by atoms with Gasteiger partial charge in [-0.25, -0.2) is 13.6 Å². The number of nitrogens with two attached hydrogens (primary N) is 1. The third-order valence-corrected chi connectivity index (χ3v) is 5.19. The third-order valence-electron chi connectivity index (χ3n) is 3.15. The Labute approximate surface area is 140 Å². The number of hydrogen-bond acceptors (Lipinski definition) is 4. The summed E-state index contributed by atoms with van der Waals surface area (Å²) in [7, 11) is -3.73. The molecule has 0 radical (unpaired) electrons. The van der Waals surface area contributed by atoms with E-state index in [4.69, 9.17) is 5.14 Å². The predicted octanol–water partition coefficient (Wildman–Crippen LogP) is 2.76. The minimum absolute atomic E-state index is 0.0116. The minimum atomic E-state index is -3.73. The highest BCUT2D eigenvalue weighted by Crippen LogP contribution is 2.24. The lowest BCUT2D eigenvalue weighted by atomic mass is 10.2. The molecule has 1 atom stereocenters. The Morgan fingerprint density at radius 3 is 2.17 bits per heavy atom. The number of nitrogens with one attached hydrogen (secondary N) is 1. The van der Waals surface area contributed by atoms with Crippen LogP contribution in [-0.2, 0) is 14.8 Å². The summed E-state index contributed by atoms with van der Waals surface area (Å²) in [4.78, 5) is 13.2. The molecular formula is C16H18N2O3S2. The molecule has 7 heteroatoms. The highest BCUT2D eigenvalue weighted by Gasteiger charge is 2.15. The zero-order valence-electron chi connectivity index (χ0n) is 12.8. The Morgan fingerprint density at radius 1 is 1.09 bits per heavy atom. The van der Waals surface area contributed by atoms with Crippen LogP contribution in [0.25, 0.3) is 0 Å². The van der Waals surface area contributed by atoms with E-state index in [9.17, 15) is 13.2 Å². The Morgan fingerprint density at radius 2 is 1.65 bits per heavy atom. The Kier molecular flexibility index (Phi) is 5.46. The van der Waals surface area contributed by atoms with E-state index in [1.807, 2.05) is 38.1 Å². The van der Waals surface area contributed by atoms with Crippen LogP contribution in [0.5, 0.6) is 0 Å². The average molecular weight is 350 g/mol. The van der Waals surface area contributed by atoms with Crippen molar-refractivity contribution in [3.8, 4) is 0 Å². The molecule has 0 spiro atoms. The first-order valence-corrected chi connectivity index (χ1v) is 9.35. The smallest absolute Gasteiger partial charge is 0.238 e. The number of amides is 1. The predicted molar refractivity (Wildman–Crippen MR) is 92.9 cm³/mol. The van der Waals surface area contributed by atoms with Gasteiger partial charge in [0.25, 0.3) is 0 Å². The van der Waals surface area contributed by atoms with Gasteiger partial charge in [0.2, 0.25) is 15.9 Å². The second kappa shape index (κ2) is 7.16. The molecule has 0 saturated carbocycles. The number of primary sulfonamides is 1. The number of carbonyl (C=O) groups excluding carboxylic acids is 1. The number of thioether (sulfide) groups is 1. The molecular weight excluding hydrogens is 332 g/mol. The topological polar surface area (TPSA) is 89.3 Å². The molecule has 3 N–H and O–H groups in total. The Bertz CT molecular complexity index is 785. The number of hydrogen-bond donors (Lipinski definition) is 2. The van der Waals surface area contributed by atoms with Crippen molar-refractivity contribution in [2.24, 2.45) is 5.14 Å². The fourth-order valence-corrected chi connectivity index (χ4v) is 3.23. The van der Waals surface area contributed by atoms with Crippen LogP contribution in [0.2, 0.25) is 0 Å². The molecule has 0 fully saturated rings. The zero-order chi connectivity index (χ0) is 17.0. The zero-order valence-corrected chi connectivity index (χ0v) is 14.4. The van der Waals surface area contributed by atoms with E-state index in [0.717, 1.165) is 4.90 Å². The molecule has 122 valence electrons. The van der Waals surface area contributed by atoms with Gasteiger partial charge in [-0.2, -0.15) is 0 Å². The van der Waals surface area contributed by atoms with Crippen molar-refractivity contribution in [3.63, 3.8) is 0 Å². The summed E-state index contributed by atoms with van der Waals surface area (Å²) >= 11 is 1.46. The van der Waals surface area contributed by atoms with Crippen LogP contribution in [0.3, 0.4) is 0 Å². The van der Waals surface area contributed by atoms with E-state index in [-0.39, 0.29) is 16.1 Å². The number of sulfonamides is 1. The second-order valence-electron chi connectivity index (χ2n) is 5.13. The van der Waals surface area contributed by atoms with Crippen LogP contribution in [-0.4, -0.2) is 19.6 Å². The monoisotopic (exact) mass is 350 g/mol.